The summed E-state index contributed by atoms with van der Waals surface area (Å²) in [4.78, 5) is 10.4. The van der Waals surface area contributed by atoms with E-state index in [2.05, 4.69) is 48.5 Å². The largest absolute Gasteiger partial charge is 0.468 e. The van der Waals surface area contributed by atoms with Crippen molar-refractivity contribution in [3.8, 4) is 0 Å². The molecule has 0 spiro atoms. The average Bonchev–Trinajstić information content (AvgIpc) is 2.24. The Balaban J connectivity index is 4.18. The lowest BCUT2D eigenvalue weighted by Gasteiger charge is -2.26. The van der Waals surface area contributed by atoms with Crippen LogP contribution in [0.1, 0.15) is 80.6 Å². The molecule has 0 saturated carbocycles. The van der Waals surface area contributed by atoms with Gasteiger partial charge in [0, 0.05) is 0 Å². The maximum atomic E-state index is 10.4. The third-order valence-electron chi connectivity index (χ3n) is 3.73. The van der Waals surface area contributed by atoms with E-state index in [-0.39, 0.29) is 0 Å². The fourth-order valence-electron chi connectivity index (χ4n) is 2.79. The van der Waals surface area contributed by atoms with Crippen molar-refractivity contribution in [2.75, 3.05) is 6.61 Å². The Morgan fingerprint density at radius 2 is 1.55 bits per heavy atom. The van der Waals surface area contributed by atoms with E-state index in [1.54, 1.807) is 0 Å². The van der Waals surface area contributed by atoms with E-state index in [4.69, 9.17) is 4.74 Å². The summed E-state index contributed by atoms with van der Waals surface area (Å²) >= 11 is 0. The molecule has 2 unspecified atom stereocenters. The molecule has 120 valence electrons. The van der Waals surface area contributed by atoms with Crippen LogP contribution in [0.15, 0.2) is 0 Å². The van der Waals surface area contributed by atoms with Crippen molar-refractivity contribution < 1.29 is 9.53 Å². The number of hydrogen-bond donors (Lipinski definition) is 0. The summed E-state index contributed by atoms with van der Waals surface area (Å²) in [6.45, 7) is 17.2. The van der Waals surface area contributed by atoms with Crippen LogP contribution in [-0.2, 0) is 9.53 Å². The van der Waals surface area contributed by atoms with Crippen LogP contribution in [0.4, 0.5) is 0 Å². The predicted molar refractivity (Wildman–Crippen MR) is 86.7 cm³/mol. The summed E-state index contributed by atoms with van der Waals surface area (Å²) in [6, 6.07) is 0. The summed E-state index contributed by atoms with van der Waals surface area (Å²) < 4.78 is 5.01. The SMILES string of the molecule is CC(CCC(CCC(C)(C)C)COC=O)CC(C)(C)C. The van der Waals surface area contributed by atoms with Crippen molar-refractivity contribution in [3.05, 3.63) is 0 Å². The van der Waals surface area contributed by atoms with Crippen LogP contribution in [0.3, 0.4) is 0 Å². The first kappa shape index (κ1) is 19.5. The second kappa shape index (κ2) is 8.69. The van der Waals surface area contributed by atoms with Gasteiger partial charge in [0.1, 0.15) is 0 Å². The minimum Gasteiger partial charge on any atom is -0.468 e. The first-order chi connectivity index (χ1) is 9.03. The molecule has 0 aromatic rings. The van der Waals surface area contributed by atoms with E-state index >= 15 is 0 Å². The molecule has 0 aromatic heterocycles. The van der Waals surface area contributed by atoms with Gasteiger partial charge in [-0.2, -0.15) is 0 Å². The smallest absolute Gasteiger partial charge is 0.293 e. The van der Waals surface area contributed by atoms with Gasteiger partial charge in [0.2, 0.25) is 0 Å². The minimum atomic E-state index is 0.358. The fourth-order valence-corrected chi connectivity index (χ4v) is 2.79. The second-order valence-electron chi connectivity index (χ2n) is 8.84. The molecule has 0 N–H and O–H groups in total. The van der Waals surface area contributed by atoms with Gasteiger partial charge in [-0.15, -0.1) is 0 Å². The molecule has 0 radical (unpaired) electrons. The molecule has 0 amide bonds. The Hall–Kier alpha value is -0.530. The number of carbonyl (C=O) groups excluding carboxylic acids is 1. The minimum absolute atomic E-state index is 0.358. The summed E-state index contributed by atoms with van der Waals surface area (Å²) in [5.41, 5.74) is 0.760. The molecule has 0 fully saturated rings. The number of hydrogen-bond acceptors (Lipinski definition) is 2. The van der Waals surface area contributed by atoms with Crippen LogP contribution in [-0.4, -0.2) is 13.1 Å². The average molecular weight is 284 g/mol. The van der Waals surface area contributed by atoms with Gasteiger partial charge in [0.15, 0.2) is 0 Å². The van der Waals surface area contributed by atoms with Gasteiger partial charge >= 0.3 is 0 Å². The van der Waals surface area contributed by atoms with Gasteiger partial charge < -0.3 is 4.74 Å². The highest BCUT2D eigenvalue weighted by Gasteiger charge is 2.19. The van der Waals surface area contributed by atoms with Gasteiger partial charge in [-0.3, -0.25) is 4.79 Å². The summed E-state index contributed by atoms with van der Waals surface area (Å²) in [7, 11) is 0. The van der Waals surface area contributed by atoms with Crippen LogP contribution in [0.5, 0.6) is 0 Å². The Morgan fingerprint density at radius 3 is 2.00 bits per heavy atom. The Labute approximate surface area is 126 Å². The van der Waals surface area contributed by atoms with Crippen molar-refractivity contribution >= 4 is 6.47 Å². The molecular formula is C18H36O2. The monoisotopic (exact) mass is 284 g/mol. The van der Waals surface area contributed by atoms with E-state index in [0.29, 0.717) is 29.8 Å². The number of ether oxygens (including phenoxy) is 1. The zero-order valence-electron chi connectivity index (χ0n) is 14.8. The van der Waals surface area contributed by atoms with Crippen LogP contribution >= 0.6 is 0 Å². The summed E-state index contributed by atoms with van der Waals surface area (Å²) in [5.74, 6) is 1.25. The van der Waals surface area contributed by atoms with Crippen molar-refractivity contribution in [2.45, 2.75) is 80.6 Å². The lowest BCUT2D eigenvalue weighted by molar-refractivity contribution is -0.130. The molecule has 2 nitrogen and oxygen atoms in total. The van der Waals surface area contributed by atoms with E-state index in [9.17, 15) is 4.79 Å². The van der Waals surface area contributed by atoms with Gasteiger partial charge in [-0.1, -0.05) is 54.9 Å². The van der Waals surface area contributed by atoms with E-state index in [1.165, 1.54) is 25.7 Å². The maximum absolute atomic E-state index is 10.4. The molecule has 0 saturated heterocycles. The molecular weight excluding hydrogens is 248 g/mol. The molecule has 0 aromatic carbocycles. The zero-order chi connectivity index (χ0) is 15.8. The van der Waals surface area contributed by atoms with Gasteiger partial charge in [-0.25, -0.2) is 0 Å². The fraction of sp³-hybridized carbons (Fsp3) is 0.944. The van der Waals surface area contributed by atoms with Crippen molar-refractivity contribution in [1.82, 2.24) is 0 Å². The Kier molecular flexibility index (Phi) is 8.46. The molecule has 0 heterocycles. The van der Waals surface area contributed by atoms with E-state index in [1.807, 2.05) is 0 Å². The van der Waals surface area contributed by atoms with E-state index in [0.717, 1.165) is 12.3 Å². The van der Waals surface area contributed by atoms with Crippen molar-refractivity contribution in [3.63, 3.8) is 0 Å². The number of rotatable bonds is 9. The third kappa shape index (κ3) is 12.5. The van der Waals surface area contributed by atoms with Crippen LogP contribution in [0, 0.1) is 22.7 Å². The first-order valence-corrected chi connectivity index (χ1v) is 8.09. The van der Waals surface area contributed by atoms with Crippen molar-refractivity contribution in [1.29, 1.82) is 0 Å². The predicted octanol–water partition coefficient (Wildman–Crippen LogP) is 5.45. The molecule has 0 aliphatic heterocycles. The highest BCUT2D eigenvalue weighted by molar-refractivity contribution is 5.36. The van der Waals surface area contributed by atoms with Crippen molar-refractivity contribution in [2.24, 2.45) is 22.7 Å². The van der Waals surface area contributed by atoms with Crippen LogP contribution in [0.2, 0.25) is 0 Å². The van der Waals surface area contributed by atoms with Crippen LogP contribution < -0.4 is 0 Å². The standard InChI is InChI=1S/C18H36O2/c1-15(12-18(5,6)7)8-9-16(13-20-14-19)10-11-17(2,3)4/h14-16H,8-13H2,1-7H3. The molecule has 0 aliphatic rings. The third-order valence-corrected chi connectivity index (χ3v) is 3.73. The molecule has 2 heteroatoms. The molecule has 0 aliphatic carbocycles. The van der Waals surface area contributed by atoms with Gasteiger partial charge in [-0.05, 0) is 48.3 Å². The Bertz CT molecular complexity index is 258. The van der Waals surface area contributed by atoms with Crippen LogP contribution in [0.25, 0.3) is 0 Å². The lowest BCUT2D eigenvalue weighted by Crippen LogP contribution is -2.16. The molecule has 20 heavy (non-hydrogen) atoms. The van der Waals surface area contributed by atoms with Gasteiger partial charge in [0.05, 0.1) is 6.61 Å². The maximum Gasteiger partial charge on any atom is 0.293 e. The van der Waals surface area contributed by atoms with Gasteiger partial charge in [0.25, 0.3) is 6.47 Å². The number of carbonyl (C=O) groups is 1. The summed E-state index contributed by atoms with van der Waals surface area (Å²) in [5, 5.41) is 0. The zero-order valence-corrected chi connectivity index (χ0v) is 14.8. The second-order valence-corrected chi connectivity index (χ2v) is 8.84. The first-order valence-electron chi connectivity index (χ1n) is 8.09. The lowest BCUT2D eigenvalue weighted by atomic mass is 9.81. The molecule has 2 atom stereocenters. The normalized spacial score (nSPS) is 15.8. The quantitative estimate of drug-likeness (QED) is 0.526. The molecule has 0 bridgehead atoms. The molecule has 0 rings (SSSR count). The topological polar surface area (TPSA) is 26.3 Å². The Morgan fingerprint density at radius 1 is 0.950 bits per heavy atom. The highest BCUT2D eigenvalue weighted by Crippen LogP contribution is 2.30. The highest BCUT2D eigenvalue weighted by atomic mass is 16.5. The van der Waals surface area contributed by atoms with E-state index < -0.39 is 0 Å². The summed E-state index contributed by atoms with van der Waals surface area (Å²) in [6.07, 6.45) is 6.00.